The summed E-state index contributed by atoms with van der Waals surface area (Å²) < 4.78 is 75.0. The Morgan fingerprint density at radius 2 is 1.32 bits per heavy atom. The van der Waals surface area contributed by atoms with Crippen LogP contribution in [0.1, 0.15) is 47.0 Å². The summed E-state index contributed by atoms with van der Waals surface area (Å²) in [5.41, 5.74) is -4.59. The van der Waals surface area contributed by atoms with E-state index in [0.717, 1.165) is 0 Å². The fraction of sp³-hybridized carbons (Fsp3) is 0.867. The molecule has 0 aliphatic heterocycles. The molecule has 0 aromatic carbocycles. The van der Waals surface area contributed by atoms with Crippen LogP contribution in [-0.2, 0) is 0 Å². The summed E-state index contributed by atoms with van der Waals surface area (Å²) in [6.45, 7) is 8.00. The second kappa shape index (κ2) is 7.70. The molecule has 132 valence electrons. The first-order chi connectivity index (χ1) is 10.0. The Bertz CT molecular complexity index is 344. The molecule has 1 saturated carbocycles. The van der Waals surface area contributed by atoms with E-state index in [1.54, 1.807) is 6.08 Å². The zero-order valence-electron chi connectivity index (χ0n) is 13.2. The fourth-order valence-electron chi connectivity index (χ4n) is 2.90. The van der Waals surface area contributed by atoms with Crippen molar-refractivity contribution in [2.45, 2.75) is 64.9 Å². The van der Waals surface area contributed by atoms with E-state index >= 15 is 0 Å². The Labute approximate surface area is 127 Å². The van der Waals surface area contributed by atoms with Crippen LogP contribution in [0.5, 0.6) is 0 Å². The average Bonchev–Trinajstić information content (AvgIpc) is 3.03. The fourth-order valence-corrected chi connectivity index (χ4v) is 2.90. The first-order valence-electron chi connectivity index (χ1n) is 7.59. The van der Waals surface area contributed by atoms with Crippen molar-refractivity contribution in [2.75, 3.05) is 0 Å². The molecule has 3 unspecified atom stereocenters. The number of rotatable bonds is 2. The van der Waals surface area contributed by atoms with E-state index in [9.17, 15) is 26.3 Å². The third kappa shape index (κ3) is 4.18. The van der Waals surface area contributed by atoms with Gasteiger partial charge >= 0.3 is 12.4 Å². The van der Waals surface area contributed by atoms with E-state index < -0.39 is 30.3 Å². The molecule has 1 fully saturated rings. The summed E-state index contributed by atoms with van der Waals surface area (Å²) in [4.78, 5) is 0. The van der Waals surface area contributed by atoms with Crippen LogP contribution >= 0.6 is 0 Å². The molecule has 1 nitrogen and oxygen atoms in total. The van der Waals surface area contributed by atoms with Gasteiger partial charge in [0.15, 0.2) is 0 Å². The van der Waals surface area contributed by atoms with Crippen molar-refractivity contribution in [3.05, 3.63) is 12.2 Å². The van der Waals surface area contributed by atoms with E-state index in [1.807, 2.05) is 33.8 Å². The van der Waals surface area contributed by atoms with Crippen molar-refractivity contribution < 1.29 is 31.4 Å². The van der Waals surface area contributed by atoms with Gasteiger partial charge in [0.2, 0.25) is 0 Å². The molecule has 7 heteroatoms. The number of allylic oxidation sites excluding steroid dienone is 2. The first kappa shape index (κ1) is 21.3. The predicted molar refractivity (Wildman–Crippen MR) is 73.2 cm³/mol. The Morgan fingerprint density at radius 3 is 1.59 bits per heavy atom. The van der Waals surface area contributed by atoms with Crippen LogP contribution in [0.3, 0.4) is 0 Å². The van der Waals surface area contributed by atoms with Crippen LogP contribution in [0.2, 0.25) is 0 Å². The number of hydrogen-bond acceptors (Lipinski definition) is 1. The minimum Gasteiger partial charge on any atom is -0.374 e. The summed E-state index contributed by atoms with van der Waals surface area (Å²) in [6.07, 6.45) is -8.33. The summed E-state index contributed by atoms with van der Waals surface area (Å²) in [5, 5.41) is 9.10. The lowest BCUT2D eigenvalue weighted by molar-refractivity contribution is -0.373. The maximum absolute atomic E-state index is 12.5. The molecule has 2 rings (SSSR count). The highest BCUT2D eigenvalue weighted by molar-refractivity contribution is 5.12. The number of alkyl halides is 6. The maximum atomic E-state index is 12.5. The van der Waals surface area contributed by atoms with E-state index in [4.69, 9.17) is 5.11 Å². The predicted octanol–water partition coefficient (Wildman–Crippen LogP) is 5.50. The molecule has 2 aliphatic rings. The van der Waals surface area contributed by atoms with Gasteiger partial charge in [0.05, 0.1) is 0 Å². The zero-order chi connectivity index (χ0) is 17.8. The van der Waals surface area contributed by atoms with E-state index in [0.29, 0.717) is 6.42 Å². The number of halogens is 6. The lowest BCUT2D eigenvalue weighted by Gasteiger charge is -2.35. The molecule has 0 spiro atoms. The lowest BCUT2D eigenvalue weighted by Crippen LogP contribution is -2.58. The SMILES string of the molecule is CC.CC.OC(CC1CC2C=CC1C2)(C(F)(F)F)C(F)(F)F. The van der Waals surface area contributed by atoms with Gasteiger partial charge in [-0.25, -0.2) is 0 Å². The van der Waals surface area contributed by atoms with Crippen LogP contribution in [0, 0.1) is 17.8 Å². The zero-order valence-corrected chi connectivity index (χ0v) is 13.2. The number of hydrogen-bond donors (Lipinski definition) is 1. The third-order valence-electron chi connectivity index (χ3n) is 3.91. The minimum atomic E-state index is -5.70. The van der Waals surface area contributed by atoms with Gasteiger partial charge in [-0.05, 0) is 37.0 Å². The van der Waals surface area contributed by atoms with Crippen molar-refractivity contribution in [1.29, 1.82) is 0 Å². The normalized spacial score (nSPS) is 27.0. The molecule has 0 saturated heterocycles. The molecule has 3 atom stereocenters. The Morgan fingerprint density at radius 1 is 0.864 bits per heavy atom. The molecular formula is C15H24F6O. The molecule has 2 aliphatic carbocycles. The minimum absolute atomic E-state index is 0.0608. The molecular weight excluding hydrogens is 310 g/mol. The molecule has 1 N–H and O–H groups in total. The molecule has 22 heavy (non-hydrogen) atoms. The molecule has 0 aromatic rings. The summed E-state index contributed by atoms with van der Waals surface area (Å²) in [7, 11) is 0. The molecule has 0 radical (unpaired) electrons. The molecule has 0 aromatic heterocycles. The molecule has 0 amide bonds. The number of fused-ring (bicyclic) bond motifs is 2. The summed E-state index contributed by atoms with van der Waals surface area (Å²) in [6, 6.07) is 0. The Kier molecular flexibility index (Phi) is 7.45. The average molecular weight is 334 g/mol. The van der Waals surface area contributed by atoms with Crippen molar-refractivity contribution in [2.24, 2.45) is 17.8 Å². The van der Waals surface area contributed by atoms with Crippen LogP contribution in [0.15, 0.2) is 12.2 Å². The van der Waals surface area contributed by atoms with Gasteiger partial charge in [-0.3, -0.25) is 0 Å². The van der Waals surface area contributed by atoms with E-state index in [-0.39, 0.29) is 18.3 Å². The second-order valence-corrected chi connectivity index (χ2v) is 5.10. The maximum Gasteiger partial charge on any atom is 0.426 e. The molecule has 0 heterocycles. The monoisotopic (exact) mass is 334 g/mol. The smallest absolute Gasteiger partial charge is 0.374 e. The van der Waals surface area contributed by atoms with Gasteiger partial charge in [0, 0.05) is 0 Å². The van der Waals surface area contributed by atoms with E-state index in [2.05, 4.69) is 0 Å². The highest BCUT2D eigenvalue weighted by Crippen LogP contribution is 2.53. The van der Waals surface area contributed by atoms with Gasteiger partial charge in [-0.15, -0.1) is 0 Å². The standard InChI is InChI=1S/C11H12F6O.2C2H6/c12-10(13,14)9(18,11(15,16)17)5-8-4-6-1-2-7(8)3-6;2*1-2/h1-2,6-8,18H,3-5H2;2*1-2H3. The first-order valence-corrected chi connectivity index (χ1v) is 7.59. The second-order valence-electron chi connectivity index (χ2n) is 5.10. The Hall–Kier alpha value is -0.720. The van der Waals surface area contributed by atoms with Gasteiger partial charge < -0.3 is 5.11 Å². The van der Waals surface area contributed by atoms with E-state index in [1.165, 1.54) is 0 Å². The van der Waals surface area contributed by atoms with Crippen molar-refractivity contribution in [3.8, 4) is 0 Å². The van der Waals surface area contributed by atoms with Gasteiger partial charge in [0.25, 0.3) is 5.60 Å². The summed E-state index contributed by atoms with van der Waals surface area (Å²) >= 11 is 0. The van der Waals surface area contributed by atoms with Crippen LogP contribution in [0.4, 0.5) is 26.3 Å². The van der Waals surface area contributed by atoms with Crippen LogP contribution < -0.4 is 0 Å². The Balaban J connectivity index is 0.00000102. The third-order valence-corrected chi connectivity index (χ3v) is 3.91. The van der Waals surface area contributed by atoms with Gasteiger partial charge in [-0.2, -0.15) is 26.3 Å². The van der Waals surface area contributed by atoms with Crippen molar-refractivity contribution in [3.63, 3.8) is 0 Å². The highest BCUT2D eigenvalue weighted by Gasteiger charge is 2.71. The van der Waals surface area contributed by atoms with Gasteiger partial charge in [-0.1, -0.05) is 39.8 Å². The number of aliphatic hydroxyl groups is 1. The van der Waals surface area contributed by atoms with Crippen molar-refractivity contribution in [1.82, 2.24) is 0 Å². The quantitative estimate of drug-likeness (QED) is 0.522. The highest BCUT2D eigenvalue weighted by atomic mass is 19.4. The van der Waals surface area contributed by atoms with Crippen LogP contribution in [-0.4, -0.2) is 23.1 Å². The van der Waals surface area contributed by atoms with Crippen molar-refractivity contribution >= 4 is 0 Å². The largest absolute Gasteiger partial charge is 0.426 e. The molecule has 2 bridgehead atoms. The summed E-state index contributed by atoms with van der Waals surface area (Å²) in [5.74, 6) is -0.967. The topological polar surface area (TPSA) is 20.2 Å². The van der Waals surface area contributed by atoms with Gasteiger partial charge in [0.1, 0.15) is 0 Å². The van der Waals surface area contributed by atoms with Crippen LogP contribution in [0.25, 0.3) is 0 Å². The lowest BCUT2D eigenvalue weighted by atomic mass is 9.82.